The van der Waals surface area contributed by atoms with Crippen molar-refractivity contribution in [3.63, 3.8) is 0 Å². The van der Waals surface area contributed by atoms with E-state index in [1.54, 1.807) is 24.3 Å². The van der Waals surface area contributed by atoms with E-state index in [2.05, 4.69) is 5.32 Å². The summed E-state index contributed by atoms with van der Waals surface area (Å²) in [6.45, 7) is 1.29. The standard InChI is InChI=1S/C20H15NO4.C19H22N2O4/c22-18-12-13-19(23)21(18)17-10-8-16(9-11-17)20(24)25-14-4-7-15-5-2-1-3-6-15;22-17-11-12-18(23)21(17)14-6-2-5-13-20-19(24)25-15-7-10-16-8-3-1-4-9-16/h1-13H,14H2;1,3-4,7-12H,2,5-6,13-15H2,(H,20,24)/b7-4+;10-7+. The highest BCUT2D eigenvalue weighted by molar-refractivity contribution is 6.28. The molecule has 11 nitrogen and oxygen atoms in total. The lowest BCUT2D eigenvalue weighted by molar-refractivity contribution is -0.137. The van der Waals surface area contributed by atoms with Gasteiger partial charge >= 0.3 is 12.1 Å². The molecule has 1 N–H and O–H groups in total. The van der Waals surface area contributed by atoms with Gasteiger partial charge in [0, 0.05) is 37.4 Å². The Kier molecular flexibility index (Phi) is 14.2. The maximum atomic E-state index is 12.0. The zero-order valence-electron chi connectivity index (χ0n) is 27.3. The van der Waals surface area contributed by atoms with Gasteiger partial charge in [-0.1, -0.05) is 72.8 Å². The molecule has 0 aromatic heterocycles. The van der Waals surface area contributed by atoms with Gasteiger partial charge < -0.3 is 14.8 Å². The quantitative estimate of drug-likeness (QED) is 0.134. The molecule has 0 saturated heterocycles. The van der Waals surface area contributed by atoms with Gasteiger partial charge in [0.1, 0.15) is 13.2 Å². The normalized spacial score (nSPS) is 13.7. The monoisotopic (exact) mass is 675 g/mol. The van der Waals surface area contributed by atoms with Gasteiger partial charge in [-0.25, -0.2) is 14.5 Å². The van der Waals surface area contributed by atoms with Gasteiger partial charge in [-0.3, -0.25) is 24.1 Å². The first-order chi connectivity index (χ1) is 24.3. The van der Waals surface area contributed by atoms with Gasteiger partial charge in [0.2, 0.25) is 0 Å². The number of nitrogens with zero attached hydrogens (tertiary/aromatic N) is 2. The van der Waals surface area contributed by atoms with Crippen molar-refractivity contribution >= 4 is 53.5 Å². The lowest BCUT2D eigenvalue weighted by Gasteiger charge is -2.13. The van der Waals surface area contributed by atoms with Crippen molar-refractivity contribution in [2.45, 2.75) is 19.3 Å². The number of carbonyl (C=O) groups is 6. The number of hydrogen-bond donors (Lipinski definition) is 1. The van der Waals surface area contributed by atoms with Gasteiger partial charge in [-0.2, -0.15) is 0 Å². The van der Waals surface area contributed by atoms with Crippen LogP contribution in [0.4, 0.5) is 10.5 Å². The van der Waals surface area contributed by atoms with Crippen molar-refractivity contribution < 1.29 is 38.2 Å². The van der Waals surface area contributed by atoms with Crippen LogP contribution in [0.3, 0.4) is 0 Å². The largest absolute Gasteiger partial charge is 0.458 e. The van der Waals surface area contributed by atoms with Crippen LogP contribution in [0.25, 0.3) is 12.2 Å². The smallest absolute Gasteiger partial charge is 0.407 e. The van der Waals surface area contributed by atoms with Crippen LogP contribution < -0.4 is 10.2 Å². The highest BCUT2D eigenvalue weighted by Crippen LogP contribution is 2.20. The Labute approximate surface area is 290 Å². The van der Waals surface area contributed by atoms with Crippen LogP contribution in [0.2, 0.25) is 0 Å². The molecule has 2 aliphatic rings. The van der Waals surface area contributed by atoms with Crippen LogP contribution in [0.5, 0.6) is 0 Å². The maximum Gasteiger partial charge on any atom is 0.407 e. The second-order valence-corrected chi connectivity index (χ2v) is 10.9. The third-order valence-corrected chi connectivity index (χ3v) is 7.24. The number of nitrogens with one attached hydrogen (secondary N) is 1. The molecule has 50 heavy (non-hydrogen) atoms. The SMILES string of the molecule is O=C(NCCCCCN1C(=O)C=CC1=O)OC/C=C/c1ccccc1.O=C(OC/C=C/c1ccccc1)c1ccc(N2C(=O)C=CC2=O)cc1. The Morgan fingerprint density at radius 1 is 0.600 bits per heavy atom. The number of unbranched alkanes of at least 4 members (excludes halogenated alkanes) is 2. The molecule has 0 aliphatic carbocycles. The number of anilines is 1. The Balaban J connectivity index is 0.000000225. The minimum absolute atomic E-state index is 0.155. The number of rotatable bonds is 14. The van der Waals surface area contributed by atoms with E-state index in [1.165, 1.54) is 41.3 Å². The molecule has 5 amide bonds. The number of ether oxygens (including phenoxy) is 2. The van der Waals surface area contributed by atoms with Gasteiger partial charge in [0.25, 0.3) is 23.6 Å². The first-order valence-electron chi connectivity index (χ1n) is 16.0. The van der Waals surface area contributed by atoms with Crippen molar-refractivity contribution in [2.75, 3.05) is 31.2 Å². The first-order valence-corrected chi connectivity index (χ1v) is 16.0. The van der Waals surface area contributed by atoms with E-state index in [0.717, 1.165) is 35.3 Å². The molecule has 3 aromatic rings. The van der Waals surface area contributed by atoms with Crippen molar-refractivity contribution in [1.82, 2.24) is 10.2 Å². The first kappa shape index (κ1) is 36.5. The molecule has 11 heteroatoms. The molecular formula is C39H37N3O8. The molecule has 5 rings (SSSR count). The lowest BCUT2D eigenvalue weighted by atomic mass is 10.2. The minimum atomic E-state index is -0.471. The van der Waals surface area contributed by atoms with E-state index in [1.807, 2.05) is 72.8 Å². The summed E-state index contributed by atoms with van der Waals surface area (Å²) in [5.41, 5.74) is 2.84. The summed E-state index contributed by atoms with van der Waals surface area (Å²) in [4.78, 5) is 71.7. The molecule has 0 fully saturated rings. The van der Waals surface area contributed by atoms with Crippen molar-refractivity contribution in [1.29, 1.82) is 0 Å². The number of amides is 5. The summed E-state index contributed by atoms with van der Waals surface area (Å²) in [6.07, 6.45) is 14.1. The Bertz CT molecular complexity index is 1730. The van der Waals surface area contributed by atoms with Crippen molar-refractivity contribution in [2.24, 2.45) is 0 Å². The summed E-state index contributed by atoms with van der Waals surface area (Å²) in [6, 6.07) is 25.6. The number of carbonyl (C=O) groups excluding carboxylic acids is 6. The fraction of sp³-hybridized carbons (Fsp3) is 0.179. The van der Waals surface area contributed by atoms with Gasteiger partial charge in [-0.05, 0) is 66.8 Å². The predicted molar refractivity (Wildman–Crippen MR) is 188 cm³/mol. The fourth-order valence-electron chi connectivity index (χ4n) is 4.69. The van der Waals surface area contributed by atoms with Crippen LogP contribution in [-0.4, -0.2) is 66.9 Å². The number of alkyl carbamates (subject to hydrolysis) is 1. The second kappa shape index (κ2) is 19.5. The second-order valence-electron chi connectivity index (χ2n) is 10.9. The molecule has 0 unspecified atom stereocenters. The van der Waals surface area contributed by atoms with E-state index in [0.29, 0.717) is 24.3 Å². The number of hydrogen-bond acceptors (Lipinski definition) is 8. The van der Waals surface area contributed by atoms with Crippen LogP contribution in [0.15, 0.2) is 121 Å². The Morgan fingerprint density at radius 3 is 1.68 bits per heavy atom. The highest BCUT2D eigenvalue weighted by Gasteiger charge is 2.25. The summed E-state index contributed by atoms with van der Waals surface area (Å²) >= 11 is 0. The van der Waals surface area contributed by atoms with Gasteiger partial charge in [-0.15, -0.1) is 0 Å². The average molecular weight is 676 g/mol. The molecule has 2 heterocycles. The van der Waals surface area contributed by atoms with Crippen molar-refractivity contribution in [3.05, 3.63) is 138 Å². The molecule has 0 radical (unpaired) electrons. The zero-order chi connectivity index (χ0) is 35.6. The fourth-order valence-corrected chi connectivity index (χ4v) is 4.69. The lowest BCUT2D eigenvalue weighted by Crippen LogP contribution is -2.31. The van der Waals surface area contributed by atoms with Crippen LogP contribution in [0, 0.1) is 0 Å². The van der Waals surface area contributed by atoms with E-state index in [4.69, 9.17) is 9.47 Å². The third kappa shape index (κ3) is 11.7. The van der Waals surface area contributed by atoms with E-state index in [-0.39, 0.29) is 25.0 Å². The Morgan fingerprint density at radius 2 is 1.12 bits per heavy atom. The maximum absolute atomic E-state index is 12.0. The number of benzene rings is 3. The number of esters is 1. The molecule has 2 aliphatic heterocycles. The van der Waals surface area contributed by atoms with E-state index in [9.17, 15) is 28.8 Å². The molecule has 3 aromatic carbocycles. The number of imide groups is 2. The summed E-state index contributed by atoms with van der Waals surface area (Å²) in [7, 11) is 0. The highest BCUT2D eigenvalue weighted by atomic mass is 16.5. The predicted octanol–water partition coefficient (Wildman–Crippen LogP) is 5.51. The summed E-state index contributed by atoms with van der Waals surface area (Å²) < 4.78 is 10.2. The Hall–Kier alpha value is -6.36. The van der Waals surface area contributed by atoms with E-state index < -0.39 is 23.9 Å². The molecular weight excluding hydrogens is 638 g/mol. The van der Waals surface area contributed by atoms with Crippen molar-refractivity contribution in [3.8, 4) is 0 Å². The van der Waals surface area contributed by atoms with Crippen LogP contribution >= 0.6 is 0 Å². The van der Waals surface area contributed by atoms with Gasteiger partial charge in [0.15, 0.2) is 0 Å². The molecule has 256 valence electrons. The van der Waals surface area contributed by atoms with E-state index >= 15 is 0 Å². The third-order valence-electron chi connectivity index (χ3n) is 7.24. The van der Waals surface area contributed by atoms with Crippen LogP contribution in [0.1, 0.15) is 40.7 Å². The topological polar surface area (TPSA) is 139 Å². The van der Waals surface area contributed by atoms with Crippen LogP contribution in [-0.2, 0) is 28.7 Å². The molecule has 0 saturated carbocycles. The molecule has 0 atom stereocenters. The summed E-state index contributed by atoms with van der Waals surface area (Å²) in [5, 5.41) is 2.67. The minimum Gasteiger partial charge on any atom is -0.458 e. The molecule has 0 bridgehead atoms. The molecule has 0 spiro atoms. The van der Waals surface area contributed by atoms with Gasteiger partial charge in [0.05, 0.1) is 11.3 Å². The summed E-state index contributed by atoms with van der Waals surface area (Å²) in [5.74, 6) is -1.77. The zero-order valence-corrected chi connectivity index (χ0v) is 27.3. The average Bonchev–Trinajstić information content (AvgIpc) is 3.65.